The van der Waals surface area contributed by atoms with Gasteiger partial charge in [0.15, 0.2) is 0 Å². The van der Waals surface area contributed by atoms with E-state index in [-0.39, 0.29) is 29.8 Å². The van der Waals surface area contributed by atoms with Gasteiger partial charge in [-0.25, -0.2) is 4.79 Å². The van der Waals surface area contributed by atoms with E-state index >= 15 is 0 Å². The second-order valence-electron chi connectivity index (χ2n) is 9.24. The van der Waals surface area contributed by atoms with E-state index in [1.165, 1.54) is 4.90 Å². The maximum absolute atomic E-state index is 13.3. The Morgan fingerprint density at radius 1 is 1.15 bits per heavy atom. The number of imide groups is 1. The van der Waals surface area contributed by atoms with Crippen molar-refractivity contribution in [3.8, 4) is 0 Å². The van der Waals surface area contributed by atoms with Gasteiger partial charge in [0, 0.05) is 38.6 Å². The van der Waals surface area contributed by atoms with Gasteiger partial charge in [-0.2, -0.15) is 0 Å². The molecule has 3 aliphatic heterocycles. The molecule has 1 spiro atoms. The molecule has 0 unspecified atom stereocenters. The maximum Gasteiger partial charge on any atom is 0.325 e. The second kappa shape index (κ2) is 7.08. The molecule has 150 valence electrons. The molecule has 0 aromatic heterocycles. The highest BCUT2D eigenvalue weighted by Crippen LogP contribution is 2.35. The molecule has 4 aliphatic rings. The number of nitrogens with zero attached hydrogens (tertiary/aromatic N) is 3. The molecule has 1 aliphatic carbocycles. The lowest BCUT2D eigenvalue weighted by molar-refractivity contribution is -0.139. The monoisotopic (exact) mass is 376 g/mol. The molecule has 27 heavy (non-hydrogen) atoms. The zero-order chi connectivity index (χ0) is 19.2. The Kier molecular flexibility index (Phi) is 4.91. The average molecular weight is 377 g/mol. The summed E-state index contributed by atoms with van der Waals surface area (Å²) in [6.07, 6.45) is 4.98. The van der Waals surface area contributed by atoms with Crippen LogP contribution in [0.1, 0.15) is 52.4 Å². The van der Waals surface area contributed by atoms with Gasteiger partial charge in [-0.15, -0.1) is 0 Å². The highest BCUT2D eigenvalue weighted by molar-refractivity contribution is 6.07. The lowest BCUT2D eigenvalue weighted by atomic mass is 9.86. The first-order chi connectivity index (χ1) is 12.9. The van der Waals surface area contributed by atoms with Crippen LogP contribution < -0.4 is 5.32 Å². The number of carbonyl (C=O) groups excluding carboxylic acids is 3. The highest BCUT2D eigenvalue weighted by atomic mass is 16.2. The van der Waals surface area contributed by atoms with Gasteiger partial charge in [0.1, 0.15) is 5.54 Å². The summed E-state index contributed by atoms with van der Waals surface area (Å²) in [7, 11) is 0. The van der Waals surface area contributed by atoms with E-state index in [1.807, 2.05) is 4.90 Å². The predicted molar refractivity (Wildman–Crippen MR) is 101 cm³/mol. The van der Waals surface area contributed by atoms with Gasteiger partial charge in [0.25, 0.3) is 5.91 Å². The van der Waals surface area contributed by atoms with E-state index in [4.69, 9.17) is 0 Å². The summed E-state index contributed by atoms with van der Waals surface area (Å²) in [6.45, 7) is 8.38. The molecule has 3 heterocycles. The first-order valence-electron chi connectivity index (χ1n) is 10.6. The van der Waals surface area contributed by atoms with E-state index in [9.17, 15) is 14.4 Å². The van der Waals surface area contributed by atoms with Crippen LogP contribution in [0, 0.1) is 11.8 Å². The second-order valence-corrected chi connectivity index (χ2v) is 9.24. The number of carbonyl (C=O) groups is 3. The minimum Gasteiger partial charge on any atom is -0.340 e. The van der Waals surface area contributed by atoms with Crippen molar-refractivity contribution < 1.29 is 14.4 Å². The topological polar surface area (TPSA) is 73.0 Å². The first kappa shape index (κ1) is 18.7. The normalized spacial score (nSPS) is 28.9. The molecule has 0 radical (unpaired) electrons. The van der Waals surface area contributed by atoms with Crippen molar-refractivity contribution in [1.29, 1.82) is 0 Å². The number of hydrogen-bond donors (Lipinski definition) is 1. The van der Waals surface area contributed by atoms with E-state index in [0.717, 1.165) is 51.9 Å². The molecule has 1 saturated carbocycles. The predicted octanol–water partition coefficient (Wildman–Crippen LogP) is 1.43. The molecule has 4 amide bonds. The standard InChI is InChI=1S/C20H32N4O3/c1-14(2)12-22-10-7-20(8-11-22)18(26)24(19(27)21-20)16-4-3-9-23(13-16)17(25)15-5-6-15/h14-16H,3-13H2,1-2H3,(H,21,27)/t16-/m1/s1. The third-order valence-electron chi connectivity index (χ3n) is 6.53. The van der Waals surface area contributed by atoms with Crippen LogP contribution in [0.15, 0.2) is 0 Å². The van der Waals surface area contributed by atoms with Gasteiger partial charge in [0.05, 0.1) is 6.04 Å². The SMILES string of the molecule is CC(C)CN1CCC2(CC1)NC(=O)N([C@@H]1CCCN(C(=O)C3CC3)C1)C2=O. The van der Waals surface area contributed by atoms with Gasteiger partial charge in [-0.05, 0) is 44.4 Å². The summed E-state index contributed by atoms with van der Waals surface area (Å²) >= 11 is 0. The van der Waals surface area contributed by atoms with Crippen molar-refractivity contribution >= 4 is 17.8 Å². The molecule has 4 rings (SSSR count). The number of amides is 4. The largest absolute Gasteiger partial charge is 0.340 e. The fourth-order valence-electron chi connectivity index (χ4n) is 4.90. The molecule has 1 atom stereocenters. The smallest absolute Gasteiger partial charge is 0.325 e. The molecule has 0 aromatic carbocycles. The van der Waals surface area contributed by atoms with Crippen LogP contribution >= 0.6 is 0 Å². The van der Waals surface area contributed by atoms with Crippen LogP contribution in [0.4, 0.5) is 4.79 Å². The number of nitrogens with one attached hydrogen (secondary N) is 1. The summed E-state index contributed by atoms with van der Waals surface area (Å²) in [6, 6.07) is -0.440. The third-order valence-corrected chi connectivity index (χ3v) is 6.53. The fraction of sp³-hybridized carbons (Fsp3) is 0.850. The van der Waals surface area contributed by atoms with Gasteiger partial charge < -0.3 is 15.1 Å². The fourth-order valence-corrected chi connectivity index (χ4v) is 4.90. The van der Waals surface area contributed by atoms with E-state index < -0.39 is 5.54 Å². The van der Waals surface area contributed by atoms with Gasteiger partial charge in [-0.1, -0.05) is 13.8 Å². The van der Waals surface area contributed by atoms with Crippen molar-refractivity contribution in [3.05, 3.63) is 0 Å². The zero-order valence-electron chi connectivity index (χ0n) is 16.6. The molecule has 4 fully saturated rings. The minimum absolute atomic E-state index is 0.0672. The highest BCUT2D eigenvalue weighted by Gasteiger charge is 2.54. The molecule has 7 nitrogen and oxygen atoms in total. The van der Waals surface area contributed by atoms with Gasteiger partial charge in [-0.3, -0.25) is 14.5 Å². The Hall–Kier alpha value is -1.63. The number of piperidine rings is 2. The number of likely N-dealkylation sites (tertiary alicyclic amines) is 2. The summed E-state index contributed by atoms with van der Waals surface area (Å²) in [5.74, 6) is 0.927. The molecular formula is C20H32N4O3. The van der Waals surface area contributed by atoms with Gasteiger partial charge in [0.2, 0.25) is 5.91 Å². The Morgan fingerprint density at radius 3 is 2.48 bits per heavy atom. The molecule has 1 N–H and O–H groups in total. The molecule has 7 heteroatoms. The van der Waals surface area contributed by atoms with Gasteiger partial charge >= 0.3 is 6.03 Å². The van der Waals surface area contributed by atoms with Crippen LogP contribution in [0.2, 0.25) is 0 Å². The van der Waals surface area contributed by atoms with Crippen molar-refractivity contribution in [2.24, 2.45) is 11.8 Å². The molecule has 3 saturated heterocycles. The average Bonchev–Trinajstić information content (AvgIpc) is 3.44. The van der Waals surface area contributed by atoms with Crippen molar-refractivity contribution in [2.45, 2.75) is 64.0 Å². The van der Waals surface area contributed by atoms with Crippen molar-refractivity contribution in [1.82, 2.24) is 20.0 Å². The summed E-state index contributed by atoms with van der Waals surface area (Å²) in [5.41, 5.74) is -0.729. The quantitative estimate of drug-likeness (QED) is 0.754. The van der Waals surface area contributed by atoms with Crippen LogP contribution in [0.5, 0.6) is 0 Å². The Balaban J connectivity index is 1.41. The van der Waals surface area contributed by atoms with Crippen LogP contribution in [-0.4, -0.2) is 76.8 Å². The first-order valence-corrected chi connectivity index (χ1v) is 10.6. The summed E-state index contributed by atoms with van der Waals surface area (Å²) in [4.78, 5) is 44.1. The number of hydrogen-bond acceptors (Lipinski definition) is 4. The lowest BCUT2D eigenvalue weighted by Gasteiger charge is -2.39. The third kappa shape index (κ3) is 3.58. The van der Waals surface area contributed by atoms with Crippen molar-refractivity contribution in [3.63, 3.8) is 0 Å². The molecular weight excluding hydrogens is 344 g/mol. The van der Waals surface area contributed by atoms with E-state index in [0.29, 0.717) is 25.3 Å². The molecule has 0 bridgehead atoms. The Bertz CT molecular complexity index is 623. The summed E-state index contributed by atoms with van der Waals surface area (Å²) < 4.78 is 0. The van der Waals surface area contributed by atoms with Crippen LogP contribution in [0.25, 0.3) is 0 Å². The summed E-state index contributed by atoms with van der Waals surface area (Å²) in [5, 5.41) is 3.03. The number of urea groups is 1. The lowest BCUT2D eigenvalue weighted by Crippen LogP contribution is -2.56. The maximum atomic E-state index is 13.3. The van der Waals surface area contributed by atoms with E-state index in [2.05, 4.69) is 24.1 Å². The Labute approximate surface area is 161 Å². The number of rotatable bonds is 4. The molecule has 0 aromatic rings. The van der Waals surface area contributed by atoms with Crippen LogP contribution in [0.3, 0.4) is 0 Å². The zero-order valence-corrected chi connectivity index (χ0v) is 16.6. The van der Waals surface area contributed by atoms with Crippen molar-refractivity contribution in [2.75, 3.05) is 32.7 Å². The minimum atomic E-state index is -0.729. The Morgan fingerprint density at radius 2 is 1.85 bits per heavy atom. The van der Waals surface area contributed by atoms with Crippen LogP contribution in [-0.2, 0) is 9.59 Å². The van der Waals surface area contributed by atoms with E-state index in [1.54, 1.807) is 0 Å².